The van der Waals surface area contributed by atoms with E-state index in [0.717, 1.165) is 6.42 Å². The van der Waals surface area contributed by atoms with Crippen LogP contribution in [0.2, 0.25) is 0 Å². The Kier molecular flexibility index (Phi) is 3.74. The number of aryl methyl sites for hydroxylation is 1. The van der Waals surface area contributed by atoms with Crippen molar-refractivity contribution in [1.82, 2.24) is 0 Å². The van der Waals surface area contributed by atoms with E-state index in [1.54, 1.807) is 10.8 Å². The first-order valence-electron chi connectivity index (χ1n) is 5.92. The Morgan fingerprint density at radius 3 is 2.41 bits per heavy atom. The van der Waals surface area contributed by atoms with Crippen molar-refractivity contribution >= 4 is 33.2 Å². The summed E-state index contributed by atoms with van der Waals surface area (Å²) < 4.78 is 0.0551. The third-order valence-corrected chi connectivity index (χ3v) is 5.30. The SMILES string of the molecule is CCc1ccc2ccc(C(C)(C)SS)cc2c1. The van der Waals surface area contributed by atoms with Gasteiger partial charge in [0.15, 0.2) is 0 Å². The molecule has 0 aliphatic heterocycles. The largest absolute Gasteiger partial charge is 0.110 e. The number of hydrogen-bond donors (Lipinski definition) is 1. The Bertz CT molecular complexity index is 529. The van der Waals surface area contributed by atoms with Crippen molar-refractivity contribution in [3.63, 3.8) is 0 Å². The van der Waals surface area contributed by atoms with Gasteiger partial charge in [0.25, 0.3) is 0 Å². The molecule has 2 heteroatoms. The molecule has 17 heavy (non-hydrogen) atoms. The average molecular weight is 262 g/mol. The molecule has 0 radical (unpaired) electrons. The standard InChI is InChI=1S/C15H18S2/c1-4-11-5-6-12-7-8-14(10-13(12)9-11)15(2,3)17-16/h5-10,16H,4H2,1-3H3. The van der Waals surface area contributed by atoms with Crippen molar-refractivity contribution in [2.75, 3.05) is 0 Å². The van der Waals surface area contributed by atoms with Crippen molar-refractivity contribution in [3.8, 4) is 0 Å². The minimum absolute atomic E-state index is 0.0551. The van der Waals surface area contributed by atoms with Crippen LogP contribution in [0.5, 0.6) is 0 Å². The molecule has 0 amide bonds. The molecule has 0 unspecified atom stereocenters. The van der Waals surface area contributed by atoms with E-state index in [1.165, 1.54) is 21.9 Å². The van der Waals surface area contributed by atoms with Crippen LogP contribution >= 0.6 is 22.5 Å². The fourth-order valence-electron chi connectivity index (χ4n) is 1.94. The van der Waals surface area contributed by atoms with E-state index in [1.807, 2.05) is 0 Å². The molecule has 0 atom stereocenters. The van der Waals surface area contributed by atoms with E-state index in [9.17, 15) is 0 Å². The first-order valence-corrected chi connectivity index (χ1v) is 7.79. The quantitative estimate of drug-likeness (QED) is 0.585. The normalized spacial score (nSPS) is 12.0. The van der Waals surface area contributed by atoms with Crippen LogP contribution in [-0.2, 0) is 11.2 Å². The summed E-state index contributed by atoms with van der Waals surface area (Å²) in [4.78, 5) is 0. The number of benzene rings is 2. The summed E-state index contributed by atoms with van der Waals surface area (Å²) in [5.41, 5.74) is 2.73. The number of fused-ring (bicyclic) bond motifs is 1. The molecule has 2 rings (SSSR count). The molecular weight excluding hydrogens is 244 g/mol. The zero-order valence-electron chi connectivity index (χ0n) is 10.5. The lowest BCUT2D eigenvalue weighted by molar-refractivity contribution is 0.791. The summed E-state index contributed by atoms with van der Waals surface area (Å²) >= 11 is 4.36. The molecule has 0 aromatic heterocycles. The molecule has 0 fully saturated rings. The van der Waals surface area contributed by atoms with Gasteiger partial charge in [-0.3, -0.25) is 0 Å². The lowest BCUT2D eigenvalue weighted by Crippen LogP contribution is -2.09. The van der Waals surface area contributed by atoms with Gasteiger partial charge in [0.05, 0.1) is 0 Å². The molecule has 0 heterocycles. The molecule has 0 saturated heterocycles. The summed E-state index contributed by atoms with van der Waals surface area (Å²) in [6, 6.07) is 13.4. The fraction of sp³-hybridized carbons (Fsp3) is 0.333. The first kappa shape index (κ1) is 12.8. The first-order chi connectivity index (χ1) is 8.06. The highest BCUT2D eigenvalue weighted by atomic mass is 33.1. The highest BCUT2D eigenvalue weighted by molar-refractivity contribution is 8.68. The fourth-order valence-corrected chi connectivity index (χ4v) is 2.49. The van der Waals surface area contributed by atoms with Crippen LogP contribution < -0.4 is 0 Å². The van der Waals surface area contributed by atoms with E-state index >= 15 is 0 Å². The van der Waals surface area contributed by atoms with Gasteiger partial charge in [-0.2, -0.15) is 0 Å². The van der Waals surface area contributed by atoms with Crippen molar-refractivity contribution < 1.29 is 0 Å². The molecule has 0 N–H and O–H groups in total. The van der Waals surface area contributed by atoms with Gasteiger partial charge in [0.2, 0.25) is 0 Å². The van der Waals surface area contributed by atoms with Gasteiger partial charge in [0, 0.05) is 4.75 Å². The van der Waals surface area contributed by atoms with Crippen molar-refractivity contribution in [1.29, 1.82) is 0 Å². The smallest absolute Gasteiger partial charge is 0.0453 e. The molecule has 0 nitrogen and oxygen atoms in total. The number of rotatable bonds is 3. The monoisotopic (exact) mass is 262 g/mol. The second kappa shape index (κ2) is 4.95. The average Bonchev–Trinajstić information content (AvgIpc) is 2.37. The molecule has 90 valence electrons. The van der Waals surface area contributed by atoms with E-state index in [4.69, 9.17) is 0 Å². The van der Waals surface area contributed by atoms with Crippen LogP contribution in [0.4, 0.5) is 0 Å². The minimum Gasteiger partial charge on any atom is -0.110 e. The van der Waals surface area contributed by atoms with Crippen molar-refractivity contribution in [2.24, 2.45) is 0 Å². The summed E-state index contributed by atoms with van der Waals surface area (Å²) in [6.45, 7) is 6.60. The summed E-state index contributed by atoms with van der Waals surface area (Å²) in [5.74, 6) is 0. The van der Waals surface area contributed by atoms with Crippen LogP contribution in [0, 0.1) is 0 Å². The highest BCUT2D eigenvalue weighted by Crippen LogP contribution is 2.38. The Morgan fingerprint density at radius 2 is 1.76 bits per heavy atom. The maximum absolute atomic E-state index is 4.36. The van der Waals surface area contributed by atoms with E-state index in [2.05, 4.69) is 68.8 Å². The number of thiol groups is 1. The topological polar surface area (TPSA) is 0 Å². The molecule has 2 aromatic rings. The van der Waals surface area contributed by atoms with Gasteiger partial charge in [-0.1, -0.05) is 48.0 Å². The summed E-state index contributed by atoms with van der Waals surface area (Å²) in [5, 5.41) is 2.64. The van der Waals surface area contributed by atoms with Crippen LogP contribution in [0.3, 0.4) is 0 Å². The second-order valence-corrected chi connectivity index (χ2v) is 6.60. The van der Waals surface area contributed by atoms with Gasteiger partial charge in [-0.05, 0) is 48.2 Å². The maximum Gasteiger partial charge on any atom is 0.0453 e. The molecule has 0 saturated carbocycles. The molecule has 0 aliphatic rings. The third kappa shape index (κ3) is 2.63. The van der Waals surface area contributed by atoms with Crippen molar-refractivity contribution in [2.45, 2.75) is 31.9 Å². The Balaban J connectivity index is 2.55. The van der Waals surface area contributed by atoms with Crippen LogP contribution in [0.1, 0.15) is 31.9 Å². The lowest BCUT2D eigenvalue weighted by atomic mass is 9.97. The predicted molar refractivity (Wildman–Crippen MR) is 82.9 cm³/mol. The molecule has 0 bridgehead atoms. The lowest BCUT2D eigenvalue weighted by Gasteiger charge is -2.22. The van der Waals surface area contributed by atoms with Crippen molar-refractivity contribution in [3.05, 3.63) is 47.5 Å². The zero-order chi connectivity index (χ0) is 12.5. The van der Waals surface area contributed by atoms with Crippen LogP contribution in [-0.4, -0.2) is 0 Å². The Hall–Kier alpha value is -0.600. The van der Waals surface area contributed by atoms with Gasteiger partial charge in [0.1, 0.15) is 0 Å². The summed E-state index contributed by atoms with van der Waals surface area (Å²) in [6.07, 6.45) is 1.09. The molecule has 0 spiro atoms. The maximum atomic E-state index is 4.36. The molecular formula is C15H18S2. The van der Waals surface area contributed by atoms with Gasteiger partial charge < -0.3 is 0 Å². The minimum atomic E-state index is 0.0551. The third-order valence-electron chi connectivity index (χ3n) is 3.24. The molecule has 2 aromatic carbocycles. The number of hydrogen-bond acceptors (Lipinski definition) is 2. The van der Waals surface area contributed by atoms with E-state index < -0.39 is 0 Å². The summed E-state index contributed by atoms with van der Waals surface area (Å²) in [7, 11) is 1.59. The second-order valence-electron chi connectivity index (χ2n) is 4.85. The highest BCUT2D eigenvalue weighted by Gasteiger charge is 2.19. The van der Waals surface area contributed by atoms with Crippen LogP contribution in [0.25, 0.3) is 10.8 Å². The predicted octanol–water partition coefficient (Wildman–Crippen LogP) is 5.22. The Labute approximate surface area is 113 Å². The van der Waals surface area contributed by atoms with Crippen LogP contribution in [0.15, 0.2) is 36.4 Å². The van der Waals surface area contributed by atoms with Gasteiger partial charge in [-0.25, -0.2) is 0 Å². The van der Waals surface area contributed by atoms with Gasteiger partial charge >= 0.3 is 0 Å². The Morgan fingerprint density at radius 1 is 1.06 bits per heavy atom. The van der Waals surface area contributed by atoms with E-state index in [-0.39, 0.29) is 4.75 Å². The van der Waals surface area contributed by atoms with Gasteiger partial charge in [-0.15, -0.1) is 11.7 Å². The molecule has 0 aliphatic carbocycles. The van der Waals surface area contributed by atoms with E-state index in [0.29, 0.717) is 0 Å². The zero-order valence-corrected chi connectivity index (χ0v) is 12.2.